The molecule has 0 aromatic heterocycles. The molecule has 0 spiro atoms. The van der Waals surface area contributed by atoms with E-state index in [-0.39, 0.29) is 18.5 Å². The molecule has 0 bridgehead atoms. The van der Waals surface area contributed by atoms with Crippen molar-refractivity contribution in [2.24, 2.45) is 0 Å². The summed E-state index contributed by atoms with van der Waals surface area (Å²) in [5.41, 5.74) is 0. The van der Waals surface area contributed by atoms with E-state index in [1.54, 1.807) is 6.08 Å². The molecule has 0 aliphatic carbocycles. The predicted molar refractivity (Wildman–Crippen MR) is 319 cm³/mol. The van der Waals surface area contributed by atoms with E-state index in [0.29, 0.717) is 19.4 Å². The van der Waals surface area contributed by atoms with E-state index >= 15 is 0 Å². The Morgan fingerprint density at radius 2 is 0.644 bits per heavy atom. The smallest absolute Gasteiger partial charge is 0.305 e. The first-order valence-electron chi connectivity index (χ1n) is 32.8. The van der Waals surface area contributed by atoms with Crippen LogP contribution in [0.2, 0.25) is 0 Å². The van der Waals surface area contributed by atoms with Gasteiger partial charge in [0.05, 0.1) is 25.4 Å². The third kappa shape index (κ3) is 59.2. The van der Waals surface area contributed by atoms with Gasteiger partial charge in [0.25, 0.3) is 0 Å². The van der Waals surface area contributed by atoms with Crippen molar-refractivity contribution in [3.63, 3.8) is 0 Å². The Morgan fingerprint density at radius 3 is 0.973 bits per heavy atom. The lowest BCUT2D eigenvalue weighted by molar-refractivity contribution is -0.143. The van der Waals surface area contributed by atoms with E-state index in [9.17, 15) is 19.8 Å². The summed E-state index contributed by atoms with van der Waals surface area (Å²) in [5, 5.41) is 23.2. The third-order valence-corrected chi connectivity index (χ3v) is 15.1. The maximum absolute atomic E-state index is 12.5. The molecule has 1 amide bonds. The van der Waals surface area contributed by atoms with Crippen LogP contribution in [-0.4, -0.2) is 47.4 Å². The highest BCUT2D eigenvalue weighted by Crippen LogP contribution is 2.17. The van der Waals surface area contributed by atoms with E-state index < -0.39 is 12.1 Å². The van der Waals surface area contributed by atoms with Gasteiger partial charge in [-0.1, -0.05) is 294 Å². The first kappa shape index (κ1) is 71.1. The van der Waals surface area contributed by atoms with Crippen molar-refractivity contribution in [1.82, 2.24) is 5.32 Å². The molecule has 0 saturated carbocycles. The van der Waals surface area contributed by atoms with Gasteiger partial charge in [-0.2, -0.15) is 0 Å². The zero-order chi connectivity index (χ0) is 52.9. The van der Waals surface area contributed by atoms with E-state index in [1.165, 1.54) is 270 Å². The van der Waals surface area contributed by atoms with Gasteiger partial charge in [-0.25, -0.2) is 0 Å². The quantitative estimate of drug-likeness (QED) is 0.0320. The minimum atomic E-state index is -0.854. The maximum Gasteiger partial charge on any atom is 0.305 e. The molecule has 0 fully saturated rings. The van der Waals surface area contributed by atoms with Gasteiger partial charge in [-0.05, 0) is 83.5 Å². The fraction of sp³-hybridized carbons (Fsp3) is 0.881. The largest absolute Gasteiger partial charge is 0.466 e. The number of carbonyl (C=O) groups excluding carboxylic acids is 2. The van der Waals surface area contributed by atoms with Crippen LogP contribution in [0.3, 0.4) is 0 Å². The Labute approximate surface area is 455 Å². The number of unbranched alkanes of at least 4 members (excludes halogenated alkanes) is 46. The second-order valence-electron chi connectivity index (χ2n) is 22.4. The van der Waals surface area contributed by atoms with Crippen LogP contribution in [0.15, 0.2) is 36.5 Å². The molecule has 0 aromatic rings. The maximum atomic E-state index is 12.5. The van der Waals surface area contributed by atoms with Crippen LogP contribution in [0, 0.1) is 0 Å². The average Bonchev–Trinajstić information content (AvgIpc) is 3.39. The SMILES string of the molecule is CCCCCCC/C=C\CCCCCCCC(=O)OCCCCCCCC/C=C\CCCCCCCCCC(=O)NC(CO)C(O)/C=C/CCCCCCCCCCCCCCCCCCCCCCCCC. The van der Waals surface area contributed by atoms with Crippen molar-refractivity contribution in [2.45, 2.75) is 366 Å². The molecule has 0 saturated heterocycles. The van der Waals surface area contributed by atoms with Crippen molar-refractivity contribution >= 4 is 11.9 Å². The lowest BCUT2D eigenvalue weighted by atomic mass is 10.0. The van der Waals surface area contributed by atoms with Gasteiger partial charge in [0.1, 0.15) is 0 Å². The Bertz CT molecular complexity index is 1180. The Kier molecular flexibility index (Phi) is 61.0. The summed E-state index contributed by atoms with van der Waals surface area (Å²) in [4.78, 5) is 24.6. The monoisotopic (exact) mass is 1030 g/mol. The Morgan fingerprint density at radius 1 is 0.370 bits per heavy atom. The lowest BCUT2D eigenvalue weighted by Gasteiger charge is -2.20. The summed E-state index contributed by atoms with van der Waals surface area (Å²) in [5.74, 6) is -0.0878. The molecule has 3 N–H and O–H groups in total. The molecule has 2 atom stereocenters. The summed E-state index contributed by atoms with van der Waals surface area (Å²) < 4.78 is 5.47. The van der Waals surface area contributed by atoms with Crippen LogP contribution in [0.1, 0.15) is 354 Å². The molecule has 73 heavy (non-hydrogen) atoms. The predicted octanol–water partition coefficient (Wildman–Crippen LogP) is 20.8. The second-order valence-corrected chi connectivity index (χ2v) is 22.4. The van der Waals surface area contributed by atoms with Crippen molar-refractivity contribution in [2.75, 3.05) is 13.2 Å². The van der Waals surface area contributed by atoms with Gasteiger partial charge in [0.2, 0.25) is 5.91 Å². The molecule has 0 rings (SSSR count). The number of nitrogens with one attached hydrogen (secondary N) is 1. The fourth-order valence-electron chi connectivity index (χ4n) is 10.1. The van der Waals surface area contributed by atoms with Gasteiger partial charge in [0, 0.05) is 12.8 Å². The molecular weight excluding hydrogens is 899 g/mol. The fourth-order valence-corrected chi connectivity index (χ4v) is 10.1. The van der Waals surface area contributed by atoms with Crippen molar-refractivity contribution in [3.8, 4) is 0 Å². The van der Waals surface area contributed by atoms with Crippen LogP contribution in [0.4, 0.5) is 0 Å². The van der Waals surface area contributed by atoms with E-state index in [4.69, 9.17) is 4.74 Å². The van der Waals surface area contributed by atoms with Gasteiger partial charge in [0.15, 0.2) is 0 Å². The third-order valence-electron chi connectivity index (χ3n) is 15.1. The molecule has 6 nitrogen and oxygen atoms in total. The van der Waals surface area contributed by atoms with Gasteiger partial charge < -0.3 is 20.3 Å². The number of aliphatic hydroxyl groups is 2. The topological polar surface area (TPSA) is 95.9 Å². The van der Waals surface area contributed by atoms with Crippen LogP contribution < -0.4 is 5.32 Å². The summed E-state index contributed by atoms with van der Waals surface area (Å²) in [6, 6.07) is -0.639. The minimum Gasteiger partial charge on any atom is -0.466 e. The first-order valence-corrected chi connectivity index (χ1v) is 32.8. The van der Waals surface area contributed by atoms with Gasteiger partial charge >= 0.3 is 5.97 Å². The van der Waals surface area contributed by atoms with Crippen LogP contribution >= 0.6 is 0 Å². The number of carbonyl (C=O) groups is 2. The number of rotatable bonds is 61. The minimum absolute atomic E-state index is 0.0108. The lowest BCUT2D eigenvalue weighted by Crippen LogP contribution is -2.45. The summed E-state index contributed by atoms with van der Waals surface area (Å²) in [7, 11) is 0. The summed E-state index contributed by atoms with van der Waals surface area (Å²) in [6.07, 6.45) is 79.1. The van der Waals surface area contributed by atoms with Crippen LogP contribution in [0.25, 0.3) is 0 Å². The zero-order valence-corrected chi connectivity index (χ0v) is 49.1. The number of allylic oxidation sites excluding steroid dienone is 5. The van der Waals surface area contributed by atoms with Crippen LogP contribution in [0.5, 0.6) is 0 Å². The summed E-state index contributed by atoms with van der Waals surface area (Å²) in [6.45, 7) is 4.89. The average molecular weight is 1030 g/mol. The highest BCUT2D eigenvalue weighted by molar-refractivity contribution is 5.76. The van der Waals surface area contributed by atoms with Crippen LogP contribution in [-0.2, 0) is 14.3 Å². The first-order chi connectivity index (χ1) is 36.0. The summed E-state index contributed by atoms with van der Waals surface area (Å²) >= 11 is 0. The highest BCUT2D eigenvalue weighted by atomic mass is 16.5. The molecule has 0 heterocycles. The number of ether oxygens (including phenoxy) is 1. The second kappa shape index (κ2) is 62.6. The van der Waals surface area contributed by atoms with Crippen molar-refractivity contribution in [3.05, 3.63) is 36.5 Å². The van der Waals surface area contributed by atoms with E-state index in [1.807, 2.05) is 6.08 Å². The number of aliphatic hydroxyl groups excluding tert-OH is 2. The van der Waals surface area contributed by atoms with Crippen molar-refractivity contribution in [1.29, 1.82) is 0 Å². The standard InChI is InChI=1S/C67H127NO5/c1-3-5-7-9-11-13-15-17-19-20-21-22-23-24-25-26-27-29-32-35-39-43-47-51-55-59-65(70)64(63-69)68-66(71)60-56-52-48-44-40-36-33-30-28-31-34-38-42-46-50-54-58-62-73-67(72)61-57-53-49-45-41-37-18-16-14-12-10-8-6-4-2/h16,18,28,31,55,59,64-65,69-70H,3-15,17,19-27,29-30,32-54,56-58,60-63H2,1-2H3,(H,68,71)/b18-16-,31-28-,59-55+. The molecule has 430 valence electrons. The number of esters is 1. The number of amides is 1. The highest BCUT2D eigenvalue weighted by Gasteiger charge is 2.18. The molecule has 0 aliphatic rings. The Hall–Kier alpha value is -1.92. The molecular formula is C67H127NO5. The molecule has 0 aromatic carbocycles. The molecule has 2 unspecified atom stereocenters. The number of hydrogen-bond donors (Lipinski definition) is 3. The Balaban J connectivity index is 3.48. The number of hydrogen-bond acceptors (Lipinski definition) is 5. The normalized spacial score (nSPS) is 12.8. The van der Waals surface area contributed by atoms with Gasteiger partial charge in [-0.3, -0.25) is 9.59 Å². The van der Waals surface area contributed by atoms with E-state index in [2.05, 4.69) is 43.5 Å². The van der Waals surface area contributed by atoms with Gasteiger partial charge in [-0.15, -0.1) is 0 Å². The van der Waals surface area contributed by atoms with E-state index in [0.717, 1.165) is 57.8 Å². The molecule has 0 aliphatic heterocycles. The molecule has 6 heteroatoms. The zero-order valence-electron chi connectivity index (χ0n) is 49.1. The molecule has 0 radical (unpaired) electrons. The van der Waals surface area contributed by atoms with Crippen molar-refractivity contribution < 1.29 is 24.5 Å².